The SMILES string of the molecule is CC(C)C[C@H](O)C[C@@H](C)[C@H]1CC[C@H]2[C@@H]3C[C@H](O[C@@H]4O[C@H](C)C(O)(O)[C@H](O[C@@H]5O[C@H](C)[C@@H](O[C@@H]6O[C@H](C)[C@H](O)[C@H](O)[C@H]6O[C@@H]6O[C@H](C)[C@H](O)[C@H](O)[C@H]6O)[C@H](O)[C@H]5O[C@@H]5O[C@H](C)[C@@H](O)[C@H](O)[C@H]5O)[C@H]4O)[C@H]4C[C@@H](OS(=O)(=O)O)CC[C@]4(C)C3=CC[C@]12C. The van der Waals surface area contributed by atoms with Gasteiger partial charge in [-0.1, -0.05) is 46.3 Å². The van der Waals surface area contributed by atoms with E-state index in [1.54, 1.807) is 0 Å². The monoisotopic (exact) mass is 1240 g/mol. The lowest BCUT2D eigenvalue weighted by Gasteiger charge is -2.60. The van der Waals surface area contributed by atoms with Gasteiger partial charge in [-0.05, 0) is 139 Å². The van der Waals surface area contributed by atoms with Crippen LogP contribution in [-0.4, -0.2) is 251 Å². The molecular formula is C57H96O27S. The molecular weight excluding hydrogens is 1150 g/mol. The Kier molecular flexibility index (Phi) is 20.8. The fourth-order valence-corrected chi connectivity index (χ4v) is 16.7. The third-order valence-electron chi connectivity index (χ3n) is 20.9. The van der Waals surface area contributed by atoms with Crippen LogP contribution in [0, 0.1) is 46.3 Å². The van der Waals surface area contributed by atoms with Crippen LogP contribution in [0.25, 0.3) is 0 Å². The Balaban J connectivity index is 0.999. The largest absolute Gasteiger partial charge is 0.397 e. The highest BCUT2D eigenvalue weighted by Gasteiger charge is 2.64. The van der Waals surface area contributed by atoms with Gasteiger partial charge in [-0.15, -0.1) is 0 Å². The van der Waals surface area contributed by atoms with E-state index in [-0.39, 0.29) is 36.0 Å². The van der Waals surface area contributed by atoms with Gasteiger partial charge in [-0.25, -0.2) is 4.18 Å². The van der Waals surface area contributed by atoms with Gasteiger partial charge in [0.1, 0.15) is 91.6 Å². The minimum absolute atomic E-state index is 0.0524. The molecule has 0 bridgehead atoms. The van der Waals surface area contributed by atoms with Gasteiger partial charge in [0.05, 0.1) is 42.7 Å². The van der Waals surface area contributed by atoms with Crippen molar-refractivity contribution in [3.63, 3.8) is 0 Å². The van der Waals surface area contributed by atoms with Crippen LogP contribution in [0.15, 0.2) is 11.6 Å². The first-order valence-electron chi connectivity index (χ1n) is 30.4. The molecule has 9 rings (SSSR count). The van der Waals surface area contributed by atoms with Crippen molar-refractivity contribution in [1.82, 2.24) is 0 Å². The first kappa shape index (κ1) is 68.1. The fourth-order valence-electron chi connectivity index (χ4n) is 16.2. The molecule has 3 saturated carbocycles. The van der Waals surface area contributed by atoms with Gasteiger partial charge in [-0.2, -0.15) is 8.42 Å². The van der Waals surface area contributed by atoms with Crippen molar-refractivity contribution in [3.05, 3.63) is 11.6 Å². The topological polar surface area (TPSA) is 419 Å². The minimum Gasteiger partial charge on any atom is -0.393 e. The van der Waals surface area contributed by atoms with Crippen LogP contribution in [0.1, 0.15) is 127 Å². The van der Waals surface area contributed by atoms with Crippen LogP contribution in [0.5, 0.6) is 0 Å². The van der Waals surface area contributed by atoms with Crippen molar-refractivity contribution < 1.29 is 131 Å². The van der Waals surface area contributed by atoms with Crippen LogP contribution in [0.2, 0.25) is 0 Å². The predicted molar refractivity (Wildman–Crippen MR) is 290 cm³/mol. The van der Waals surface area contributed by atoms with E-state index in [9.17, 15) is 79.4 Å². The Bertz CT molecular complexity index is 2390. The van der Waals surface area contributed by atoms with E-state index in [0.717, 1.165) is 19.3 Å². The molecule has 34 atom stereocenters. The Morgan fingerprint density at radius 1 is 0.576 bits per heavy atom. The highest BCUT2D eigenvalue weighted by Crippen LogP contribution is 2.67. The third-order valence-corrected chi connectivity index (χ3v) is 21.5. The van der Waals surface area contributed by atoms with E-state index in [0.29, 0.717) is 37.5 Å². The molecule has 4 aliphatic carbocycles. The lowest BCUT2D eigenvalue weighted by Crippen LogP contribution is -2.70. The zero-order valence-electron chi connectivity index (χ0n) is 50.0. The van der Waals surface area contributed by atoms with Crippen LogP contribution < -0.4 is 0 Å². The van der Waals surface area contributed by atoms with Crippen LogP contribution >= 0.6 is 0 Å². The summed E-state index contributed by atoms with van der Waals surface area (Å²) in [6.45, 7) is 17.7. The molecule has 0 aromatic heterocycles. The number of rotatable bonds is 17. The third kappa shape index (κ3) is 13.4. The van der Waals surface area contributed by atoms with Gasteiger partial charge in [0, 0.05) is 0 Å². The Labute approximate surface area is 496 Å². The molecule has 5 saturated heterocycles. The van der Waals surface area contributed by atoms with Gasteiger partial charge in [0.15, 0.2) is 31.5 Å². The maximum Gasteiger partial charge on any atom is 0.397 e. The molecule has 8 fully saturated rings. The fraction of sp³-hybridized carbons (Fsp3) is 0.965. The zero-order valence-corrected chi connectivity index (χ0v) is 50.8. The summed E-state index contributed by atoms with van der Waals surface area (Å²) >= 11 is 0. The predicted octanol–water partition coefficient (Wildman–Crippen LogP) is -1.26. The molecule has 0 spiro atoms. The number of hydrogen-bond donors (Lipinski definition) is 14. The number of allylic oxidation sites excluding steroid dienone is 2. The van der Waals surface area contributed by atoms with Gasteiger partial charge in [0.25, 0.3) is 0 Å². The van der Waals surface area contributed by atoms with E-state index in [4.69, 9.17) is 51.6 Å². The van der Waals surface area contributed by atoms with Gasteiger partial charge in [-0.3, -0.25) is 4.55 Å². The van der Waals surface area contributed by atoms with Crippen molar-refractivity contribution in [2.45, 2.75) is 299 Å². The number of aliphatic hydroxyl groups excluding tert-OH is 11. The quantitative estimate of drug-likeness (QED) is 0.0459. The Morgan fingerprint density at radius 3 is 1.67 bits per heavy atom. The highest BCUT2D eigenvalue weighted by molar-refractivity contribution is 7.80. The van der Waals surface area contributed by atoms with Crippen molar-refractivity contribution in [1.29, 1.82) is 0 Å². The molecule has 0 amide bonds. The summed E-state index contributed by atoms with van der Waals surface area (Å²) in [7, 11) is -4.88. The molecule has 492 valence electrons. The second-order valence-electron chi connectivity index (χ2n) is 27.1. The number of fused-ring (bicyclic) bond motifs is 5. The average molecular weight is 1250 g/mol. The Morgan fingerprint density at radius 2 is 1.09 bits per heavy atom. The molecule has 0 radical (unpaired) electrons. The molecule has 85 heavy (non-hydrogen) atoms. The number of ether oxygens (including phenoxy) is 10. The summed E-state index contributed by atoms with van der Waals surface area (Å²) in [6, 6.07) is 0. The van der Waals surface area contributed by atoms with Crippen molar-refractivity contribution >= 4 is 10.4 Å². The summed E-state index contributed by atoms with van der Waals surface area (Å²) in [5.41, 5.74) is 0.451. The van der Waals surface area contributed by atoms with Crippen LogP contribution in [0.3, 0.4) is 0 Å². The minimum atomic E-state index is -4.88. The van der Waals surface area contributed by atoms with Crippen LogP contribution in [-0.2, 0) is 62.0 Å². The lowest BCUT2D eigenvalue weighted by atomic mass is 9.47. The van der Waals surface area contributed by atoms with E-state index < -0.39 is 193 Å². The summed E-state index contributed by atoms with van der Waals surface area (Å²) < 4.78 is 101. The molecule has 14 N–H and O–H groups in total. The molecule has 9 aliphatic rings. The van der Waals surface area contributed by atoms with Crippen molar-refractivity contribution in [2.24, 2.45) is 46.3 Å². The maximum atomic E-state index is 12.5. The molecule has 5 heterocycles. The van der Waals surface area contributed by atoms with Gasteiger partial charge >= 0.3 is 10.4 Å². The maximum absolute atomic E-state index is 12.5. The van der Waals surface area contributed by atoms with E-state index in [1.807, 2.05) is 0 Å². The van der Waals surface area contributed by atoms with E-state index >= 15 is 0 Å². The molecule has 28 heteroatoms. The number of aliphatic hydroxyl groups is 13. The molecule has 27 nitrogen and oxygen atoms in total. The average Bonchev–Trinajstić information content (AvgIpc) is 1.79. The highest BCUT2D eigenvalue weighted by atomic mass is 32.3. The Hall–Kier alpha value is -1.31. The molecule has 5 aliphatic heterocycles. The second-order valence-corrected chi connectivity index (χ2v) is 28.2. The normalized spacial score (nSPS) is 51.9. The molecule has 0 unspecified atom stereocenters. The van der Waals surface area contributed by atoms with Gasteiger partial charge in [0.2, 0.25) is 5.79 Å². The first-order valence-corrected chi connectivity index (χ1v) is 31.8. The van der Waals surface area contributed by atoms with Crippen LogP contribution in [0.4, 0.5) is 0 Å². The summed E-state index contributed by atoms with van der Waals surface area (Å²) in [6.07, 6.45) is -35.8. The molecule has 0 aromatic rings. The summed E-state index contributed by atoms with van der Waals surface area (Å²) in [5, 5.41) is 147. The zero-order chi connectivity index (χ0) is 62.5. The standard InChI is InChI=1S/C57H96O27S/c1-21(2)17-28(58)18-22(3)31-11-12-32-30-20-35(34-19-29(84-85(71,72)73)13-15-56(34,10)33(30)14-16-55(31,32)9)79-52-45(68)49(57(69,70)27(8)78-52)83-54-48(82-51-43(66)40(63)37(60)24(5)75-51)44(67)46(26(7)77-54)80-53-47(41(64)38(61)25(6)76-53)81-50-42(65)39(62)36(59)23(4)74-50/h14,21-32,34-54,58-70H,11-13,15-20H2,1-10H3,(H,71,72,73)/t22-,23-,24-,25-,26-,27-,28+,29+,30+,31-,32+,34-,35+,36+,37-,38+,39+,40+,41+,42-,43-,44+,45-,46-,47-,48-,49-,50+,51+,52+,53+,54+,55-,56-/m1/s1. The van der Waals surface area contributed by atoms with Crippen molar-refractivity contribution in [3.8, 4) is 0 Å². The van der Waals surface area contributed by atoms with E-state index in [1.165, 1.54) is 40.2 Å². The first-order chi connectivity index (χ1) is 39.6. The van der Waals surface area contributed by atoms with Gasteiger partial charge < -0.3 is 114 Å². The lowest BCUT2D eigenvalue weighted by molar-refractivity contribution is -0.432. The number of hydrogen-bond acceptors (Lipinski definition) is 26. The summed E-state index contributed by atoms with van der Waals surface area (Å²) in [5.74, 6) is -2.61. The second kappa shape index (κ2) is 26.0. The van der Waals surface area contributed by atoms with E-state index in [2.05, 4.69) is 40.7 Å². The van der Waals surface area contributed by atoms with Crippen molar-refractivity contribution in [2.75, 3.05) is 0 Å². The molecule has 0 aromatic carbocycles. The smallest absolute Gasteiger partial charge is 0.393 e. The summed E-state index contributed by atoms with van der Waals surface area (Å²) in [4.78, 5) is 0.